The molecular weight excluding hydrogens is 344 g/mol. The second kappa shape index (κ2) is 5.93. The minimum atomic E-state index is -0.117. The second-order valence-electron chi connectivity index (χ2n) is 6.40. The molecule has 0 radical (unpaired) electrons. The smallest absolute Gasteiger partial charge is 0.280 e. The van der Waals surface area contributed by atoms with Gasteiger partial charge in [-0.1, -0.05) is 30.6 Å². The van der Waals surface area contributed by atoms with E-state index in [1.807, 2.05) is 29.5 Å². The largest absolute Gasteiger partial charge is 0.399 e. The number of thiazole rings is 1. The molecule has 1 aliphatic rings. The number of aromatic nitrogens is 2. The Kier molecular flexibility index (Phi) is 3.89. The number of fused-ring (bicyclic) bond motifs is 3. The van der Waals surface area contributed by atoms with Gasteiger partial charge in [0.25, 0.3) is 5.91 Å². The number of nitrogens with two attached hydrogens (primary N) is 1. The molecule has 0 spiro atoms. The van der Waals surface area contributed by atoms with Gasteiger partial charge in [-0.15, -0.1) is 0 Å². The van der Waals surface area contributed by atoms with Crippen LogP contribution in [0.5, 0.6) is 0 Å². The lowest BCUT2D eigenvalue weighted by molar-refractivity contribution is 0.0804. The normalized spacial score (nSPS) is 16.1. The van der Waals surface area contributed by atoms with Crippen molar-refractivity contribution in [3.63, 3.8) is 0 Å². The third-order valence-electron chi connectivity index (χ3n) is 4.79. The lowest BCUT2D eigenvalue weighted by Gasteiger charge is -2.28. The molecule has 0 bridgehead atoms. The summed E-state index contributed by atoms with van der Waals surface area (Å²) < 4.78 is 3.41. The summed E-state index contributed by atoms with van der Waals surface area (Å²) >= 11 is 7.79. The summed E-state index contributed by atoms with van der Waals surface area (Å²) in [6.07, 6.45) is 5.47. The zero-order valence-electron chi connectivity index (χ0n) is 13.5. The molecule has 0 atom stereocenters. The molecule has 0 aliphatic heterocycles. The molecule has 4 rings (SSSR count). The van der Waals surface area contributed by atoms with Gasteiger partial charge in [-0.05, 0) is 38.0 Å². The van der Waals surface area contributed by atoms with Crippen LogP contribution in [0.3, 0.4) is 0 Å². The number of carbonyl (C=O) groups is 1. The van der Waals surface area contributed by atoms with Gasteiger partial charge in [0.2, 0.25) is 0 Å². The molecule has 2 aromatic heterocycles. The third-order valence-corrected chi connectivity index (χ3v) is 6.35. The number of amides is 1. The van der Waals surface area contributed by atoms with Crippen molar-refractivity contribution in [1.82, 2.24) is 13.8 Å². The van der Waals surface area contributed by atoms with Crippen molar-refractivity contribution in [2.24, 2.45) is 0 Å². The van der Waals surface area contributed by atoms with Crippen molar-refractivity contribution in [2.45, 2.75) is 45.1 Å². The Morgan fingerprint density at radius 2 is 2.12 bits per heavy atom. The van der Waals surface area contributed by atoms with Gasteiger partial charge in [-0.25, -0.2) is 9.40 Å². The maximum atomic E-state index is 12.9. The number of nitrogens with zero attached hydrogens (tertiary/aromatic N) is 3. The summed E-state index contributed by atoms with van der Waals surface area (Å²) in [6, 6.07) is 5.77. The summed E-state index contributed by atoms with van der Waals surface area (Å²) in [5.41, 5.74) is 9.27. The molecule has 2 heterocycles. The minimum Gasteiger partial charge on any atom is -0.399 e. The van der Waals surface area contributed by atoms with E-state index in [-0.39, 0.29) is 11.9 Å². The lowest BCUT2D eigenvalue weighted by atomic mass is 9.95. The van der Waals surface area contributed by atoms with Crippen LogP contribution in [0, 0.1) is 6.92 Å². The lowest BCUT2D eigenvalue weighted by Crippen LogP contribution is -2.34. The molecule has 1 aliphatic carbocycles. The fourth-order valence-electron chi connectivity index (χ4n) is 3.50. The number of halogens is 1. The minimum absolute atomic E-state index is 0.117. The van der Waals surface area contributed by atoms with E-state index < -0.39 is 0 Å². The number of rotatable bonds is 2. The highest BCUT2D eigenvalue weighted by Gasteiger charge is 2.28. The van der Waals surface area contributed by atoms with Crippen LogP contribution in [0.25, 0.3) is 16.0 Å². The summed E-state index contributed by atoms with van der Waals surface area (Å²) in [5, 5.41) is 0. The molecule has 3 aromatic rings. The van der Waals surface area contributed by atoms with E-state index in [2.05, 4.69) is 4.98 Å². The maximum absolute atomic E-state index is 12.9. The first-order chi connectivity index (χ1) is 11.6. The van der Waals surface area contributed by atoms with Crippen molar-refractivity contribution < 1.29 is 4.79 Å². The Bertz CT molecular complexity index is 926. The number of imidazole rings is 1. The molecule has 0 saturated heterocycles. The molecule has 1 saturated carbocycles. The maximum Gasteiger partial charge on any atom is 0.280 e. The highest BCUT2D eigenvalue weighted by atomic mass is 35.5. The first-order valence-electron chi connectivity index (χ1n) is 8.22. The molecule has 24 heavy (non-hydrogen) atoms. The zero-order chi connectivity index (χ0) is 16.8. The van der Waals surface area contributed by atoms with Gasteiger partial charge in [-0.3, -0.25) is 9.20 Å². The molecule has 1 amide bonds. The van der Waals surface area contributed by atoms with Crippen molar-refractivity contribution in [2.75, 3.05) is 5.73 Å². The predicted octanol–water partition coefficient (Wildman–Crippen LogP) is 4.37. The quantitative estimate of drug-likeness (QED) is 0.544. The molecule has 0 unspecified atom stereocenters. The van der Waals surface area contributed by atoms with E-state index in [1.165, 1.54) is 22.2 Å². The number of hydrogen-bond acceptors (Lipinski definition) is 4. The fraction of sp³-hybridized carbons (Fsp3) is 0.412. The van der Waals surface area contributed by atoms with Crippen LogP contribution in [-0.2, 0) is 0 Å². The van der Waals surface area contributed by atoms with Crippen LogP contribution in [0.4, 0.5) is 5.69 Å². The van der Waals surface area contributed by atoms with Gasteiger partial charge in [0.15, 0.2) is 4.96 Å². The zero-order valence-corrected chi connectivity index (χ0v) is 15.0. The molecule has 5 nitrogen and oxygen atoms in total. The van der Waals surface area contributed by atoms with E-state index in [4.69, 9.17) is 17.5 Å². The first-order valence-corrected chi connectivity index (χ1v) is 9.38. The van der Waals surface area contributed by atoms with Crippen LogP contribution < -0.4 is 5.73 Å². The van der Waals surface area contributed by atoms with Gasteiger partial charge >= 0.3 is 0 Å². The first kappa shape index (κ1) is 15.7. The topological polar surface area (TPSA) is 63.6 Å². The highest BCUT2D eigenvalue weighted by molar-refractivity contribution is 7.19. The van der Waals surface area contributed by atoms with Crippen LogP contribution in [0.2, 0.25) is 0 Å². The molecule has 1 aromatic carbocycles. The van der Waals surface area contributed by atoms with E-state index in [0.717, 1.165) is 47.4 Å². The van der Waals surface area contributed by atoms with Gasteiger partial charge in [0.1, 0.15) is 4.88 Å². The van der Waals surface area contributed by atoms with Gasteiger partial charge in [0, 0.05) is 29.2 Å². The van der Waals surface area contributed by atoms with Gasteiger partial charge < -0.3 is 5.73 Å². The summed E-state index contributed by atoms with van der Waals surface area (Å²) in [4.78, 5) is 18.9. The van der Waals surface area contributed by atoms with E-state index in [9.17, 15) is 4.79 Å². The Hall–Kier alpha value is -1.79. The van der Waals surface area contributed by atoms with Gasteiger partial charge in [-0.2, -0.15) is 0 Å². The van der Waals surface area contributed by atoms with Crippen LogP contribution in [0.1, 0.15) is 47.5 Å². The van der Waals surface area contributed by atoms with Crippen molar-refractivity contribution in [3.8, 4) is 0 Å². The third kappa shape index (κ3) is 2.45. The summed E-state index contributed by atoms with van der Waals surface area (Å²) in [6.45, 7) is 1.94. The average molecular weight is 363 g/mol. The van der Waals surface area contributed by atoms with Crippen molar-refractivity contribution >= 4 is 50.7 Å². The number of aryl methyl sites for hydroxylation is 1. The van der Waals surface area contributed by atoms with Crippen molar-refractivity contribution in [3.05, 3.63) is 28.8 Å². The highest BCUT2D eigenvalue weighted by Crippen LogP contribution is 2.32. The number of hydrogen-bond donors (Lipinski definition) is 1. The molecule has 1 fully saturated rings. The number of nitrogen functional groups attached to an aromatic ring is 1. The van der Waals surface area contributed by atoms with Crippen LogP contribution >= 0.6 is 23.1 Å². The van der Waals surface area contributed by atoms with Crippen molar-refractivity contribution in [1.29, 1.82) is 0 Å². The SMILES string of the molecule is Cc1c(C(=O)N(Cl)C2CCCCC2)sc2nc3ccc(N)cc3n12. The summed E-state index contributed by atoms with van der Waals surface area (Å²) in [5.74, 6) is -0.117. The molecule has 7 heteroatoms. The monoisotopic (exact) mass is 362 g/mol. The summed E-state index contributed by atoms with van der Waals surface area (Å²) in [7, 11) is 0. The van der Waals surface area contributed by atoms with E-state index in [1.54, 1.807) is 0 Å². The average Bonchev–Trinajstić information content (AvgIpc) is 3.11. The number of anilines is 1. The predicted molar refractivity (Wildman–Crippen MR) is 98.6 cm³/mol. The fourth-order valence-corrected chi connectivity index (χ4v) is 4.91. The molecule has 126 valence electrons. The Balaban J connectivity index is 1.75. The molecular formula is C17H19ClN4OS. The Morgan fingerprint density at radius 3 is 2.88 bits per heavy atom. The van der Waals surface area contributed by atoms with Crippen LogP contribution in [-0.4, -0.2) is 25.8 Å². The van der Waals surface area contributed by atoms with E-state index in [0.29, 0.717) is 10.6 Å². The van der Waals surface area contributed by atoms with Crippen LogP contribution in [0.15, 0.2) is 18.2 Å². The number of benzene rings is 1. The number of carbonyl (C=O) groups excluding carboxylic acids is 1. The molecule has 2 N–H and O–H groups in total. The van der Waals surface area contributed by atoms with Gasteiger partial charge in [0.05, 0.1) is 11.0 Å². The van der Waals surface area contributed by atoms with E-state index >= 15 is 0 Å². The Labute approximate surface area is 149 Å². The second-order valence-corrected chi connectivity index (χ2v) is 7.74. The standard InChI is InChI=1S/C17H19ClN4OS/c1-10-15(16(23)22(18)12-5-3-2-4-6-12)24-17-20-13-8-7-11(19)9-14(13)21(10)17/h7-9,12H,2-6,19H2,1H3. The Morgan fingerprint density at radius 1 is 1.38 bits per heavy atom.